The van der Waals surface area contributed by atoms with Crippen LogP contribution in [0.25, 0.3) is 0 Å². The fraction of sp³-hybridized carbons (Fsp3) is 0.158. The SMILES string of the molecule is Cc1ccc(S(=O)(=O)Nc2nc(C(=O)Nc3cccc(C)c3C)cs2)cc1. The molecule has 1 aromatic heterocycles. The molecule has 0 aliphatic rings. The smallest absolute Gasteiger partial charge is 0.275 e. The Hall–Kier alpha value is -2.71. The molecule has 27 heavy (non-hydrogen) atoms. The molecule has 0 atom stereocenters. The van der Waals surface area contributed by atoms with Crippen LogP contribution in [0.5, 0.6) is 0 Å². The maximum atomic E-state index is 12.4. The standard InChI is InChI=1S/C19H19N3O3S2/c1-12-7-9-15(10-8-12)27(24,25)22-19-21-17(11-26-19)18(23)20-16-6-4-5-13(2)14(16)3/h4-11H,1-3H3,(H,20,23)(H,21,22). The number of hydrogen-bond acceptors (Lipinski definition) is 5. The average Bonchev–Trinajstić information content (AvgIpc) is 3.07. The highest BCUT2D eigenvalue weighted by molar-refractivity contribution is 7.93. The molecule has 0 aliphatic carbocycles. The zero-order chi connectivity index (χ0) is 19.6. The van der Waals surface area contributed by atoms with Gasteiger partial charge in [0.05, 0.1) is 4.90 Å². The van der Waals surface area contributed by atoms with Crippen LogP contribution < -0.4 is 10.0 Å². The summed E-state index contributed by atoms with van der Waals surface area (Å²) in [6.45, 7) is 5.77. The van der Waals surface area contributed by atoms with E-state index >= 15 is 0 Å². The van der Waals surface area contributed by atoms with E-state index < -0.39 is 10.0 Å². The van der Waals surface area contributed by atoms with Crippen molar-refractivity contribution in [3.63, 3.8) is 0 Å². The summed E-state index contributed by atoms with van der Waals surface area (Å²) in [6.07, 6.45) is 0. The van der Waals surface area contributed by atoms with Crippen LogP contribution in [-0.4, -0.2) is 19.3 Å². The number of sulfonamides is 1. The number of thiazole rings is 1. The van der Waals surface area contributed by atoms with E-state index in [9.17, 15) is 13.2 Å². The van der Waals surface area contributed by atoms with Gasteiger partial charge in [0, 0.05) is 11.1 Å². The second kappa shape index (κ2) is 7.50. The molecule has 3 rings (SSSR count). The number of anilines is 2. The van der Waals surface area contributed by atoms with E-state index in [0.717, 1.165) is 28.0 Å². The maximum absolute atomic E-state index is 12.4. The Labute approximate surface area is 162 Å². The first-order valence-corrected chi connectivity index (χ1v) is 10.5. The van der Waals surface area contributed by atoms with E-state index in [1.807, 2.05) is 39.0 Å². The van der Waals surface area contributed by atoms with E-state index in [-0.39, 0.29) is 21.6 Å². The summed E-state index contributed by atoms with van der Waals surface area (Å²) < 4.78 is 27.3. The van der Waals surface area contributed by atoms with Crippen molar-refractivity contribution in [2.45, 2.75) is 25.7 Å². The van der Waals surface area contributed by atoms with Crippen molar-refractivity contribution >= 4 is 38.1 Å². The van der Waals surface area contributed by atoms with Gasteiger partial charge >= 0.3 is 0 Å². The predicted molar refractivity (Wildman–Crippen MR) is 108 cm³/mol. The molecule has 0 fully saturated rings. The molecule has 140 valence electrons. The number of aromatic nitrogens is 1. The molecular formula is C19H19N3O3S2. The molecule has 0 saturated carbocycles. The van der Waals surface area contributed by atoms with Crippen molar-refractivity contribution < 1.29 is 13.2 Å². The summed E-state index contributed by atoms with van der Waals surface area (Å²) >= 11 is 1.06. The maximum Gasteiger partial charge on any atom is 0.275 e. The van der Waals surface area contributed by atoms with Gasteiger partial charge in [0.2, 0.25) is 0 Å². The van der Waals surface area contributed by atoms with Gasteiger partial charge in [-0.3, -0.25) is 9.52 Å². The Morgan fingerprint density at radius 1 is 1.04 bits per heavy atom. The second-order valence-corrected chi connectivity index (χ2v) is 8.70. The number of benzene rings is 2. The van der Waals surface area contributed by atoms with E-state index in [4.69, 9.17) is 0 Å². The third-order valence-electron chi connectivity index (χ3n) is 4.14. The Bertz CT molecular complexity index is 1090. The lowest BCUT2D eigenvalue weighted by Gasteiger charge is -2.09. The molecule has 8 heteroatoms. The molecule has 0 unspecified atom stereocenters. The monoisotopic (exact) mass is 401 g/mol. The molecular weight excluding hydrogens is 382 g/mol. The predicted octanol–water partition coefficient (Wildman–Crippen LogP) is 4.12. The van der Waals surface area contributed by atoms with E-state index in [2.05, 4.69) is 15.0 Å². The van der Waals surface area contributed by atoms with Gasteiger partial charge in [0.15, 0.2) is 5.13 Å². The minimum absolute atomic E-state index is 0.140. The summed E-state index contributed by atoms with van der Waals surface area (Å²) in [6, 6.07) is 12.1. The zero-order valence-corrected chi connectivity index (χ0v) is 16.7. The number of amides is 1. The summed E-state index contributed by atoms with van der Waals surface area (Å²) in [5, 5.41) is 4.47. The van der Waals surface area contributed by atoms with Crippen LogP contribution in [0.3, 0.4) is 0 Å². The van der Waals surface area contributed by atoms with Crippen LogP contribution in [-0.2, 0) is 10.0 Å². The van der Waals surface area contributed by atoms with Crippen molar-refractivity contribution in [3.05, 3.63) is 70.2 Å². The molecule has 3 aromatic rings. The first-order valence-electron chi connectivity index (χ1n) is 8.19. The highest BCUT2D eigenvalue weighted by atomic mass is 32.2. The van der Waals surface area contributed by atoms with E-state index in [1.165, 1.54) is 17.5 Å². The minimum atomic E-state index is -3.75. The van der Waals surface area contributed by atoms with Gasteiger partial charge in [-0.1, -0.05) is 29.8 Å². The number of carbonyl (C=O) groups is 1. The van der Waals surface area contributed by atoms with Gasteiger partial charge in [-0.15, -0.1) is 11.3 Å². The van der Waals surface area contributed by atoms with Gasteiger partial charge in [0.25, 0.3) is 15.9 Å². The average molecular weight is 402 g/mol. The molecule has 1 heterocycles. The summed E-state index contributed by atoms with van der Waals surface area (Å²) in [5.74, 6) is -0.388. The molecule has 0 radical (unpaired) electrons. The second-order valence-electron chi connectivity index (χ2n) is 6.16. The van der Waals surface area contributed by atoms with Gasteiger partial charge in [-0.05, 0) is 50.1 Å². The number of carbonyl (C=O) groups excluding carboxylic acids is 1. The van der Waals surface area contributed by atoms with Crippen LogP contribution in [0.15, 0.2) is 52.7 Å². The number of rotatable bonds is 5. The summed E-state index contributed by atoms with van der Waals surface area (Å²) in [7, 11) is -3.75. The Morgan fingerprint density at radius 3 is 2.44 bits per heavy atom. The summed E-state index contributed by atoms with van der Waals surface area (Å²) in [4.78, 5) is 16.7. The van der Waals surface area contributed by atoms with Gasteiger partial charge < -0.3 is 5.32 Å². The quantitative estimate of drug-likeness (QED) is 0.673. The molecule has 0 bridgehead atoms. The topological polar surface area (TPSA) is 88.2 Å². The van der Waals surface area contributed by atoms with Crippen LogP contribution in [0.1, 0.15) is 27.2 Å². The Morgan fingerprint density at radius 2 is 1.74 bits per heavy atom. The number of nitrogens with zero attached hydrogens (tertiary/aromatic N) is 1. The fourth-order valence-electron chi connectivity index (χ4n) is 2.39. The van der Waals surface area contributed by atoms with Crippen molar-refractivity contribution in [1.82, 2.24) is 4.98 Å². The summed E-state index contributed by atoms with van der Waals surface area (Å²) in [5.41, 5.74) is 3.87. The van der Waals surface area contributed by atoms with Crippen LogP contribution in [0.4, 0.5) is 10.8 Å². The van der Waals surface area contributed by atoms with Crippen LogP contribution >= 0.6 is 11.3 Å². The van der Waals surface area contributed by atoms with E-state index in [1.54, 1.807) is 12.1 Å². The first-order chi connectivity index (χ1) is 12.8. The lowest BCUT2D eigenvalue weighted by atomic mass is 10.1. The number of hydrogen-bond donors (Lipinski definition) is 2. The fourth-order valence-corrected chi connectivity index (χ4v) is 4.33. The third kappa shape index (κ3) is 4.35. The molecule has 2 N–H and O–H groups in total. The highest BCUT2D eigenvalue weighted by Gasteiger charge is 2.18. The van der Waals surface area contributed by atoms with Crippen LogP contribution in [0, 0.1) is 20.8 Å². The van der Waals surface area contributed by atoms with E-state index in [0.29, 0.717) is 5.69 Å². The minimum Gasteiger partial charge on any atom is -0.320 e. The molecule has 0 spiro atoms. The molecule has 1 amide bonds. The van der Waals surface area contributed by atoms with Gasteiger partial charge in [0.1, 0.15) is 5.69 Å². The molecule has 0 aliphatic heterocycles. The normalized spacial score (nSPS) is 11.2. The third-order valence-corrected chi connectivity index (χ3v) is 6.38. The molecule has 2 aromatic carbocycles. The van der Waals surface area contributed by atoms with Gasteiger partial charge in [-0.2, -0.15) is 0 Å². The molecule has 6 nitrogen and oxygen atoms in total. The Balaban J connectivity index is 1.75. The van der Waals surface area contributed by atoms with Gasteiger partial charge in [-0.25, -0.2) is 13.4 Å². The van der Waals surface area contributed by atoms with Crippen molar-refractivity contribution in [2.75, 3.05) is 10.0 Å². The lowest BCUT2D eigenvalue weighted by Crippen LogP contribution is -2.15. The first kappa shape index (κ1) is 19.1. The van der Waals surface area contributed by atoms with Crippen LogP contribution in [0.2, 0.25) is 0 Å². The Kier molecular flexibility index (Phi) is 5.29. The molecule has 0 saturated heterocycles. The highest BCUT2D eigenvalue weighted by Crippen LogP contribution is 2.23. The van der Waals surface area contributed by atoms with Crippen molar-refractivity contribution in [1.29, 1.82) is 0 Å². The zero-order valence-electron chi connectivity index (χ0n) is 15.1. The largest absolute Gasteiger partial charge is 0.320 e. The van der Waals surface area contributed by atoms with Crippen molar-refractivity contribution in [2.24, 2.45) is 0 Å². The lowest BCUT2D eigenvalue weighted by molar-refractivity contribution is 0.102. The number of nitrogens with one attached hydrogen (secondary N) is 2. The number of aryl methyl sites for hydroxylation is 2. The van der Waals surface area contributed by atoms with Crippen molar-refractivity contribution in [3.8, 4) is 0 Å².